The van der Waals surface area contributed by atoms with Gasteiger partial charge in [0.1, 0.15) is 0 Å². The second-order valence-electron chi connectivity index (χ2n) is 5.89. The van der Waals surface area contributed by atoms with Crippen molar-refractivity contribution < 1.29 is 14.3 Å². The molecule has 0 fully saturated rings. The SMILES string of the molecule is CCOc1cc(/C=C2/C(=O)N(c3ccccc3)N=C2C)cc(Cl)c1OCC. The third-order valence-electron chi connectivity index (χ3n) is 3.99. The largest absolute Gasteiger partial charge is 0.490 e. The fourth-order valence-corrected chi connectivity index (χ4v) is 3.09. The average molecular weight is 385 g/mol. The van der Waals surface area contributed by atoms with Crippen LogP contribution < -0.4 is 14.5 Å². The molecule has 1 amide bonds. The van der Waals surface area contributed by atoms with Crippen LogP contribution in [0, 0.1) is 0 Å². The number of para-hydroxylation sites is 1. The summed E-state index contributed by atoms with van der Waals surface area (Å²) in [5, 5.41) is 6.23. The van der Waals surface area contributed by atoms with Crippen molar-refractivity contribution >= 4 is 35.0 Å². The molecule has 140 valence electrons. The third-order valence-corrected chi connectivity index (χ3v) is 4.28. The van der Waals surface area contributed by atoms with Crippen LogP contribution >= 0.6 is 11.6 Å². The van der Waals surface area contributed by atoms with Crippen molar-refractivity contribution in [1.82, 2.24) is 0 Å². The predicted octanol–water partition coefficient (Wildman–Crippen LogP) is 4.94. The normalized spacial score (nSPS) is 15.3. The number of hydrogen-bond acceptors (Lipinski definition) is 4. The molecule has 27 heavy (non-hydrogen) atoms. The molecular weight excluding hydrogens is 364 g/mol. The molecule has 0 saturated carbocycles. The first-order valence-electron chi connectivity index (χ1n) is 8.81. The Morgan fingerprint density at radius 3 is 2.48 bits per heavy atom. The zero-order valence-electron chi connectivity index (χ0n) is 15.5. The van der Waals surface area contributed by atoms with Crippen LogP contribution in [0.3, 0.4) is 0 Å². The molecule has 0 radical (unpaired) electrons. The maximum Gasteiger partial charge on any atom is 0.280 e. The number of halogens is 1. The lowest BCUT2D eigenvalue weighted by Gasteiger charge is -2.14. The molecule has 2 aromatic carbocycles. The topological polar surface area (TPSA) is 51.1 Å². The number of nitrogens with zero attached hydrogens (tertiary/aromatic N) is 2. The number of benzene rings is 2. The Hall–Kier alpha value is -2.79. The molecular formula is C21H21ClN2O3. The van der Waals surface area contributed by atoms with E-state index in [1.54, 1.807) is 12.1 Å². The van der Waals surface area contributed by atoms with Crippen LogP contribution in [0.5, 0.6) is 11.5 Å². The second-order valence-corrected chi connectivity index (χ2v) is 6.30. The lowest BCUT2D eigenvalue weighted by atomic mass is 10.1. The molecule has 0 atom stereocenters. The molecule has 0 bridgehead atoms. The van der Waals surface area contributed by atoms with Crippen molar-refractivity contribution in [1.29, 1.82) is 0 Å². The summed E-state index contributed by atoms with van der Waals surface area (Å²) in [7, 11) is 0. The van der Waals surface area contributed by atoms with Crippen LogP contribution in [-0.2, 0) is 4.79 Å². The van der Waals surface area contributed by atoms with Crippen molar-refractivity contribution in [3.63, 3.8) is 0 Å². The molecule has 0 N–H and O–H groups in total. The van der Waals surface area contributed by atoms with Crippen molar-refractivity contribution in [3.8, 4) is 11.5 Å². The van der Waals surface area contributed by atoms with Gasteiger partial charge in [-0.05, 0) is 56.7 Å². The van der Waals surface area contributed by atoms with Gasteiger partial charge < -0.3 is 9.47 Å². The number of anilines is 1. The Labute approximate surface area is 163 Å². The van der Waals surface area contributed by atoms with E-state index in [9.17, 15) is 4.79 Å². The number of ether oxygens (including phenoxy) is 2. The molecule has 1 aliphatic rings. The highest BCUT2D eigenvalue weighted by Crippen LogP contribution is 2.37. The smallest absolute Gasteiger partial charge is 0.280 e. The molecule has 6 heteroatoms. The summed E-state index contributed by atoms with van der Waals surface area (Å²) in [6.45, 7) is 6.56. The van der Waals surface area contributed by atoms with Gasteiger partial charge in [-0.1, -0.05) is 29.8 Å². The molecule has 0 unspecified atom stereocenters. The Balaban J connectivity index is 1.97. The summed E-state index contributed by atoms with van der Waals surface area (Å²) < 4.78 is 11.2. The minimum absolute atomic E-state index is 0.179. The number of hydrogen-bond donors (Lipinski definition) is 0. The zero-order valence-corrected chi connectivity index (χ0v) is 16.3. The van der Waals surface area contributed by atoms with Gasteiger partial charge in [0.25, 0.3) is 5.91 Å². The highest BCUT2D eigenvalue weighted by atomic mass is 35.5. The Kier molecular flexibility index (Phi) is 5.81. The quantitative estimate of drug-likeness (QED) is 0.662. The Bertz CT molecular complexity index is 907. The van der Waals surface area contributed by atoms with Gasteiger partial charge in [0.2, 0.25) is 0 Å². The third kappa shape index (κ3) is 3.98. The van der Waals surface area contributed by atoms with E-state index < -0.39 is 0 Å². The van der Waals surface area contributed by atoms with Gasteiger partial charge in [0, 0.05) is 0 Å². The van der Waals surface area contributed by atoms with Crippen LogP contribution in [0.15, 0.2) is 53.1 Å². The highest BCUT2D eigenvalue weighted by molar-refractivity contribution is 6.33. The van der Waals surface area contributed by atoms with Gasteiger partial charge in [-0.3, -0.25) is 4.79 Å². The van der Waals surface area contributed by atoms with E-state index in [-0.39, 0.29) is 5.91 Å². The van der Waals surface area contributed by atoms with E-state index in [4.69, 9.17) is 21.1 Å². The van der Waals surface area contributed by atoms with E-state index in [2.05, 4.69) is 5.10 Å². The zero-order chi connectivity index (χ0) is 19.4. The molecule has 2 aromatic rings. The van der Waals surface area contributed by atoms with Gasteiger partial charge in [0.05, 0.1) is 35.2 Å². The Morgan fingerprint density at radius 2 is 1.81 bits per heavy atom. The molecule has 0 aliphatic carbocycles. The second kappa shape index (κ2) is 8.27. The van der Waals surface area contributed by atoms with Crippen molar-refractivity contribution in [2.24, 2.45) is 5.10 Å². The van der Waals surface area contributed by atoms with Gasteiger partial charge in [-0.2, -0.15) is 10.1 Å². The van der Waals surface area contributed by atoms with Gasteiger partial charge in [-0.25, -0.2) is 0 Å². The molecule has 1 aliphatic heterocycles. The molecule has 3 rings (SSSR count). The monoisotopic (exact) mass is 384 g/mol. The number of carbonyl (C=O) groups excluding carboxylic acids is 1. The first-order chi connectivity index (χ1) is 13.0. The highest BCUT2D eigenvalue weighted by Gasteiger charge is 2.28. The lowest BCUT2D eigenvalue weighted by Crippen LogP contribution is -2.21. The molecule has 0 spiro atoms. The fraction of sp³-hybridized carbons (Fsp3) is 0.238. The summed E-state index contributed by atoms with van der Waals surface area (Å²) in [5.41, 5.74) is 2.64. The molecule has 5 nitrogen and oxygen atoms in total. The van der Waals surface area contributed by atoms with Crippen molar-refractivity contribution in [3.05, 3.63) is 58.6 Å². The fourth-order valence-electron chi connectivity index (χ4n) is 2.81. The van der Waals surface area contributed by atoms with Crippen LogP contribution in [0.25, 0.3) is 6.08 Å². The maximum atomic E-state index is 12.8. The average Bonchev–Trinajstić information content (AvgIpc) is 2.94. The molecule has 0 saturated heterocycles. The minimum atomic E-state index is -0.179. The van der Waals surface area contributed by atoms with E-state index in [1.165, 1.54) is 5.01 Å². The van der Waals surface area contributed by atoms with Crippen LogP contribution in [0.1, 0.15) is 26.3 Å². The first kappa shape index (κ1) is 19.0. The van der Waals surface area contributed by atoms with E-state index in [0.717, 1.165) is 11.3 Å². The molecule has 0 aromatic heterocycles. The summed E-state index contributed by atoms with van der Waals surface area (Å²) in [5.74, 6) is 0.887. The standard InChI is InChI=1S/C21H21ClN2O3/c1-4-26-19-13-15(12-18(22)20(19)27-5-2)11-17-14(3)23-24(21(17)25)16-9-7-6-8-10-16/h6-13H,4-5H2,1-3H3/b17-11+. The van der Waals surface area contributed by atoms with Crippen LogP contribution in [0.4, 0.5) is 5.69 Å². The number of hydrazone groups is 1. The summed E-state index contributed by atoms with van der Waals surface area (Å²) in [6.07, 6.45) is 1.77. The summed E-state index contributed by atoms with van der Waals surface area (Å²) >= 11 is 6.37. The van der Waals surface area contributed by atoms with E-state index in [1.807, 2.05) is 57.2 Å². The number of amides is 1. The minimum Gasteiger partial charge on any atom is -0.490 e. The number of rotatable bonds is 6. The summed E-state index contributed by atoms with van der Waals surface area (Å²) in [6, 6.07) is 12.9. The van der Waals surface area contributed by atoms with Crippen LogP contribution in [-0.4, -0.2) is 24.8 Å². The number of carbonyl (C=O) groups is 1. The first-order valence-corrected chi connectivity index (χ1v) is 9.18. The van der Waals surface area contributed by atoms with Crippen molar-refractivity contribution in [2.75, 3.05) is 18.2 Å². The summed E-state index contributed by atoms with van der Waals surface area (Å²) in [4.78, 5) is 12.8. The molecule has 1 heterocycles. The van der Waals surface area contributed by atoms with Gasteiger partial charge >= 0.3 is 0 Å². The lowest BCUT2D eigenvalue weighted by molar-refractivity contribution is -0.114. The van der Waals surface area contributed by atoms with Crippen LogP contribution in [0.2, 0.25) is 5.02 Å². The van der Waals surface area contributed by atoms with Crippen molar-refractivity contribution in [2.45, 2.75) is 20.8 Å². The van der Waals surface area contributed by atoms with Gasteiger partial charge in [0.15, 0.2) is 11.5 Å². The maximum absolute atomic E-state index is 12.8. The van der Waals surface area contributed by atoms with E-state index >= 15 is 0 Å². The van der Waals surface area contributed by atoms with Gasteiger partial charge in [-0.15, -0.1) is 0 Å². The Morgan fingerprint density at radius 1 is 1.11 bits per heavy atom. The van der Waals surface area contributed by atoms with E-state index in [0.29, 0.717) is 41.0 Å². The predicted molar refractivity (Wildman–Crippen MR) is 109 cm³/mol.